The molecule has 2 heterocycles. The van der Waals surface area contributed by atoms with Gasteiger partial charge in [0, 0.05) is 56.4 Å². The lowest BCUT2D eigenvalue weighted by atomic mass is 9.57. The van der Waals surface area contributed by atoms with Crippen molar-refractivity contribution in [3.8, 4) is 44.9 Å². The van der Waals surface area contributed by atoms with Gasteiger partial charge in [-0.3, -0.25) is 0 Å². The van der Waals surface area contributed by atoms with Crippen molar-refractivity contribution in [1.82, 2.24) is 0 Å². The fraction of sp³-hybridized carbons (Fsp3) is 0.0286. The lowest BCUT2D eigenvalue weighted by Crippen LogP contribution is -2.42. The first-order valence-corrected chi connectivity index (χ1v) is 25.4. The molecule has 2 spiro atoms. The molecule has 0 bridgehead atoms. The molecule has 0 fully saturated rings. The maximum atomic E-state index is 7.86. The Morgan fingerprint density at radius 3 is 0.811 bits per heavy atom. The first-order valence-electron chi connectivity index (χ1n) is 25.4. The molecular formula is C70H46N2O2. The van der Waals surface area contributed by atoms with Crippen molar-refractivity contribution in [1.29, 1.82) is 0 Å². The van der Waals surface area contributed by atoms with E-state index in [0.717, 1.165) is 79.4 Å². The first kappa shape index (κ1) is 42.1. The minimum atomic E-state index is -0.884. The Hall–Kier alpha value is -9.64. The van der Waals surface area contributed by atoms with Crippen molar-refractivity contribution < 1.29 is 8.83 Å². The third-order valence-corrected chi connectivity index (χ3v) is 15.7. The van der Waals surface area contributed by atoms with Gasteiger partial charge in [-0.15, -0.1) is 0 Å². The molecule has 0 amide bonds. The van der Waals surface area contributed by atoms with Crippen LogP contribution in [-0.2, 0) is 10.8 Å². The molecule has 3 aliphatic rings. The van der Waals surface area contributed by atoms with Crippen molar-refractivity contribution in [2.75, 3.05) is 9.80 Å². The van der Waals surface area contributed by atoms with Gasteiger partial charge in [-0.2, -0.15) is 0 Å². The van der Waals surface area contributed by atoms with E-state index in [0.29, 0.717) is 0 Å². The summed E-state index contributed by atoms with van der Waals surface area (Å²) >= 11 is 0. The Bertz CT molecular complexity index is 3610. The molecule has 348 valence electrons. The minimum absolute atomic E-state index is 0.792. The van der Waals surface area contributed by atoms with E-state index in [9.17, 15) is 0 Å². The lowest BCUT2D eigenvalue weighted by molar-refractivity contribution is 0.407. The Balaban J connectivity index is 1.02. The largest absolute Gasteiger partial charge is 0.459 e. The van der Waals surface area contributed by atoms with E-state index in [4.69, 9.17) is 8.83 Å². The van der Waals surface area contributed by atoms with Crippen molar-refractivity contribution in [2.24, 2.45) is 0 Å². The number of benzene rings is 10. The first-order chi connectivity index (χ1) is 36.7. The molecule has 12 aromatic rings. The summed E-state index contributed by atoms with van der Waals surface area (Å²) in [5.74, 6) is 3.39. The van der Waals surface area contributed by atoms with Crippen molar-refractivity contribution in [3.05, 3.63) is 324 Å². The molecule has 4 nitrogen and oxygen atoms in total. The van der Waals surface area contributed by atoms with Crippen molar-refractivity contribution >= 4 is 34.1 Å². The highest BCUT2D eigenvalue weighted by Crippen LogP contribution is 2.69. The minimum Gasteiger partial charge on any atom is -0.459 e. The fourth-order valence-electron chi connectivity index (χ4n) is 12.8. The summed E-state index contributed by atoms with van der Waals surface area (Å²) in [6.45, 7) is 0. The summed E-state index contributed by atoms with van der Waals surface area (Å²) < 4.78 is 15.7. The van der Waals surface area contributed by atoms with Gasteiger partial charge in [0.05, 0.1) is 0 Å². The van der Waals surface area contributed by atoms with Crippen LogP contribution in [0.1, 0.15) is 44.9 Å². The van der Waals surface area contributed by atoms with Crippen LogP contribution < -0.4 is 9.80 Å². The number of para-hydroxylation sites is 4. The van der Waals surface area contributed by atoms with Gasteiger partial charge in [0.25, 0.3) is 0 Å². The standard InChI is InChI=1S/C70H46N2O2/c1-5-25-49(26-6-1)71(50-27-7-2-8-28-50)53-33-21-23-47(43-53)65-45-63-67(73-65)70(61-41-19-15-37-57(61)58-38-16-20-42-62(58)70)64-46-66(74-68(64)69(63)59-39-17-13-35-55(59)56-36-14-18-40-60(56)69)48-24-22-34-54(44-48)72(51-29-9-3-10-30-51)52-31-11-4-12-32-52/h1-46H. The van der Waals surface area contributed by atoms with Gasteiger partial charge < -0.3 is 18.6 Å². The van der Waals surface area contributed by atoms with E-state index < -0.39 is 10.8 Å². The van der Waals surface area contributed by atoms with Crippen molar-refractivity contribution in [3.63, 3.8) is 0 Å². The van der Waals surface area contributed by atoms with Gasteiger partial charge in [-0.05, 0) is 129 Å². The second-order valence-electron chi connectivity index (χ2n) is 19.5. The summed E-state index contributed by atoms with van der Waals surface area (Å²) in [5, 5.41) is 0. The van der Waals surface area contributed by atoms with Crippen LogP contribution in [0.25, 0.3) is 44.9 Å². The van der Waals surface area contributed by atoms with Gasteiger partial charge >= 0.3 is 0 Å². The van der Waals surface area contributed by atoms with Gasteiger partial charge in [-0.25, -0.2) is 0 Å². The molecular weight excluding hydrogens is 901 g/mol. The molecule has 0 saturated heterocycles. The number of hydrogen-bond acceptors (Lipinski definition) is 4. The maximum Gasteiger partial charge on any atom is 0.134 e. The van der Waals surface area contributed by atoms with E-state index >= 15 is 0 Å². The number of anilines is 6. The smallest absolute Gasteiger partial charge is 0.134 e. The van der Waals surface area contributed by atoms with Crippen LogP contribution in [0, 0.1) is 0 Å². The predicted octanol–water partition coefficient (Wildman–Crippen LogP) is 18.2. The van der Waals surface area contributed by atoms with E-state index in [1.165, 1.54) is 44.5 Å². The van der Waals surface area contributed by atoms with Crippen LogP contribution >= 0.6 is 0 Å². The molecule has 15 rings (SSSR count). The molecule has 0 atom stereocenters. The molecule has 0 saturated carbocycles. The predicted molar refractivity (Wildman–Crippen MR) is 299 cm³/mol. The molecule has 2 aromatic heterocycles. The number of fused-ring (bicyclic) bond motifs is 16. The number of hydrogen-bond donors (Lipinski definition) is 0. The normalized spacial score (nSPS) is 13.6. The zero-order valence-electron chi connectivity index (χ0n) is 40.3. The van der Waals surface area contributed by atoms with Gasteiger partial charge in [0.1, 0.15) is 33.9 Å². The molecule has 0 aliphatic heterocycles. The summed E-state index contributed by atoms with van der Waals surface area (Å²) in [6, 6.07) is 100. The van der Waals surface area contributed by atoms with Gasteiger partial charge in [0.2, 0.25) is 0 Å². The van der Waals surface area contributed by atoms with Crippen LogP contribution in [0.2, 0.25) is 0 Å². The number of rotatable bonds is 8. The van der Waals surface area contributed by atoms with Crippen LogP contribution in [0.15, 0.2) is 288 Å². The molecule has 4 heteroatoms. The van der Waals surface area contributed by atoms with Crippen molar-refractivity contribution in [2.45, 2.75) is 10.8 Å². The number of furan rings is 2. The third-order valence-electron chi connectivity index (χ3n) is 15.7. The average molecular weight is 947 g/mol. The second-order valence-corrected chi connectivity index (χ2v) is 19.5. The summed E-state index contributed by atoms with van der Waals surface area (Å²) in [6.07, 6.45) is 0. The zero-order chi connectivity index (χ0) is 48.8. The number of nitrogens with zero attached hydrogens (tertiary/aromatic N) is 2. The Kier molecular flexibility index (Phi) is 9.36. The van der Waals surface area contributed by atoms with E-state index in [2.05, 4.69) is 289 Å². The Labute approximate surface area is 430 Å². The average Bonchev–Trinajstić information content (AvgIpc) is 4.26. The molecule has 0 unspecified atom stereocenters. The van der Waals surface area contributed by atoms with E-state index in [-0.39, 0.29) is 0 Å². The molecule has 0 radical (unpaired) electrons. The molecule has 74 heavy (non-hydrogen) atoms. The van der Waals surface area contributed by atoms with Gasteiger partial charge in [0.15, 0.2) is 0 Å². The van der Waals surface area contributed by atoms with Crippen LogP contribution in [0.3, 0.4) is 0 Å². The van der Waals surface area contributed by atoms with Crippen LogP contribution in [0.5, 0.6) is 0 Å². The van der Waals surface area contributed by atoms with Crippen LogP contribution in [0.4, 0.5) is 34.1 Å². The second kappa shape index (κ2) is 16.5. The Morgan fingerprint density at radius 2 is 0.500 bits per heavy atom. The summed E-state index contributed by atoms with van der Waals surface area (Å²) in [5.41, 5.74) is 18.2. The van der Waals surface area contributed by atoms with E-state index in [1.807, 2.05) is 0 Å². The quantitative estimate of drug-likeness (QED) is 0.152. The maximum absolute atomic E-state index is 7.86. The highest BCUT2D eigenvalue weighted by atomic mass is 16.4. The Morgan fingerprint density at radius 1 is 0.230 bits per heavy atom. The van der Waals surface area contributed by atoms with Crippen LogP contribution in [-0.4, -0.2) is 0 Å². The highest BCUT2D eigenvalue weighted by molar-refractivity contribution is 5.94. The topological polar surface area (TPSA) is 32.8 Å². The monoisotopic (exact) mass is 946 g/mol. The molecule has 3 aliphatic carbocycles. The summed E-state index contributed by atoms with van der Waals surface area (Å²) in [4.78, 5) is 4.62. The SMILES string of the molecule is c1ccc(N(c2ccccc2)c2cccc(-c3cc4c(o3)C3(c5ccccc5-c5ccccc53)c3cc(-c5cccc(N(c6ccccc6)c6ccccc6)c5)oc3C43c4ccccc4-c4ccccc43)c2)cc1. The lowest BCUT2D eigenvalue weighted by Gasteiger charge is -2.42. The highest BCUT2D eigenvalue weighted by Gasteiger charge is 2.63. The third kappa shape index (κ3) is 5.97. The fourth-order valence-corrected chi connectivity index (χ4v) is 12.8. The van der Waals surface area contributed by atoms with Gasteiger partial charge in [-0.1, -0.05) is 194 Å². The molecule has 10 aromatic carbocycles. The molecule has 0 N–H and O–H groups in total. The zero-order valence-corrected chi connectivity index (χ0v) is 40.3. The summed E-state index contributed by atoms with van der Waals surface area (Å²) in [7, 11) is 0. The van der Waals surface area contributed by atoms with E-state index in [1.54, 1.807) is 0 Å².